The molecule has 0 atom stereocenters. The number of aryl methyl sites for hydroxylation is 1. The highest BCUT2D eigenvalue weighted by Crippen LogP contribution is 2.19. The van der Waals surface area contributed by atoms with Gasteiger partial charge in [0.15, 0.2) is 5.96 Å². The van der Waals surface area contributed by atoms with Crippen molar-refractivity contribution in [3.05, 3.63) is 59.4 Å². The van der Waals surface area contributed by atoms with E-state index in [0.717, 1.165) is 12.0 Å². The molecule has 1 aromatic heterocycles. The highest BCUT2D eigenvalue weighted by molar-refractivity contribution is 5.79. The molecule has 0 bridgehead atoms. The third kappa shape index (κ3) is 6.02. The third-order valence-corrected chi connectivity index (χ3v) is 3.68. The monoisotopic (exact) mass is 348 g/mol. The van der Waals surface area contributed by atoms with E-state index in [1.165, 1.54) is 11.6 Å². The smallest absolute Gasteiger partial charge is 0.387 e. The normalized spacial score (nSPS) is 11.5. The minimum absolute atomic E-state index is 0.160. The standard InChI is InChI=1S/C18H22F2N4O/c1-13-11-22-9-7-14(13)8-10-23-18(21-2)24-12-15-5-3-4-6-16(15)25-17(19)20/h3-7,9,11,17H,8,10,12H2,1-2H3,(H2,21,23,24). The number of hydrogen-bond donors (Lipinski definition) is 2. The summed E-state index contributed by atoms with van der Waals surface area (Å²) in [6.07, 6.45) is 4.44. The summed E-state index contributed by atoms with van der Waals surface area (Å²) in [4.78, 5) is 8.21. The van der Waals surface area contributed by atoms with Crippen LogP contribution in [0.4, 0.5) is 8.78 Å². The predicted octanol–water partition coefficient (Wildman–Crippen LogP) is 2.90. The Balaban J connectivity index is 1.86. The number of halogens is 2. The highest BCUT2D eigenvalue weighted by Gasteiger charge is 2.09. The molecule has 0 radical (unpaired) electrons. The Morgan fingerprint density at radius 2 is 2.00 bits per heavy atom. The molecule has 5 nitrogen and oxygen atoms in total. The summed E-state index contributed by atoms with van der Waals surface area (Å²) < 4.78 is 29.4. The molecular weight excluding hydrogens is 326 g/mol. The molecule has 2 N–H and O–H groups in total. The Labute approximate surface area is 146 Å². The number of alkyl halides is 2. The fraction of sp³-hybridized carbons (Fsp3) is 0.333. The molecule has 2 aromatic rings. The topological polar surface area (TPSA) is 58.5 Å². The number of para-hydroxylation sites is 1. The zero-order valence-electron chi connectivity index (χ0n) is 14.3. The van der Waals surface area contributed by atoms with Crippen molar-refractivity contribution in [3.63, 3.8) is 0 Å². The molecule has 0 unspecified atom stereocenters. The van der Waals surface area contributed by atoms with Crippen molar-refractivity contribution in [2.75, 3.05) is 13.6 Å². The van der Waals surface area contributed by atoms with Crippen molar-refractivity contribution in [2.45, 2.75) is 26.5 Å². The number of aromatic nitrogens is 1. The molecule has 0 aliphatic heterocycles. The lowest BCUT2D eigenvalue weighted by Crippen LogP contribution is -2.38. The van der Waals surface area contributed by atoms with Crippen molar-refractivity contribution in [3.8, 4) is 5.75 Å². The molecule has 0 spiro atoms. The number of guanidine groups is 1. The Morgan fingerprint density at radius 3 is 2.72 bits per heavy atom. The van der Waals surface area contributed by atoms with E-state index in [-0.39, 0.29) is 5.75 Å². The van der Waals surface area contributed by atoms with Gasteiger partial charge >= 0.3 is 6.61 Å². The maximum atomic E-state index is 12.4. The lowest BCUT2D eigenvalue weighted by Gasteiger charge is -2.14. The zero-order chi connectivity index (χ0) is 18.1. The van der Waals surface area contributed by atoms with Crippen LogP contribution in [0.1, 0.15) is 16.7 Å². The fourth-order valence-electron chi connectivity index (χ4n) is 2.36. The van der Waals surface area contributed by atoms with Crippen LogP contribution < -0.4 is 15.4 Å². The summed E-state index contributed by atoms with van der Waals surface area (Å²) in [6.45, 7) is 0.202. The summed E-state index contributed by atoms with van der Waals surface area (Å²) in [7, 11) is 1.66. The van der Waals surface area contributed by atoms with Crippen LogP contribution in [-0.2, 0) is 13.0 Å². The second-order valence-electron chi connectivity index (χ2n) is 5.39. The minimum Gasteiger partial charge on any atom is -0.434 e. The Morgan fingerprint density at radius 1 is 1.20 bits per heavy atom. The number of ether oxygens (including phenoxy) is 1. The maximum Gasteiger partial charge on any atom is 0.387 e. The molecule has 0 saturated heterocycles. The van der Waals surface area contributed by atoms with Gasteiger partial charge in [0.1, 0.15) is 5.75 Å². The van der Waals surface area contributed by atoms with Crippen molar-refractivity contribution in [1.29, 1.82) is 0 Å². The number of pyridine rings is 1. The lowest BCUT2D eigenvalue weighted by atomic mass is 10.1. The van der Waals surface area contributed by atoms with E-state index >= 15 is 0 Å². The first-order valence-electron chi connectivity index (χ1n) is 7.97. The average Bonchev–Trinajstić information content (AvgIpc) is 2.60. The van der Waals surface area contributed by atoms with E-state index in [9.17, 15) is 8.78 Å². The van der Waals surface area contributed by atoms with Gasteiger partial charge < -0.3 is 15.4 Å². The molecule has 7 heteroatoms. The van der Waals surface area contributed by atoms with E-state index in [2.05, 4.69) is 25.3 Å². The molecule has 1 aromatic carbocycles. The van der Waals surface area contributed by atoms with Gasteiger partial charge in [0.2, 0.25) is 0 Å². The Bertz CT molecular complexity index is 707. The van der Waals surface area contributed by atoms with E-state index in [1.54, 1.807) is 31.4 Å². The first-order chi connectivity index (χ1) is 12.1. The predicted molar refractivity (Wildman–Crippen MR) is 94.0 cm³/mol. The number of benzene rings is 1. The van der Waals surface area contributed by atoms with Crippen LogP contribution in [0.3, 0.4) is 0 Å². The number of hydrogen-bond acceptors (Lipinski definition) is 3. The van der Waals surface area contributed by atoms with Crippen LogP contribution in [0.5, 0.6) is 5.75 Å². The fourth-order valence-corrected chi connectivity index (χ4v) is 2.36. The van der Waals surface area contributed by atoms with Gasteiger partial charge in [0.25, 0.3) is 0 Å². The number of rotatable bonds is 7. The first-order valence-corrected chi connectivity index (χ1v) is 7.97. The number of aliphatic imine (C=N–C) groups is 1. The largest absolute Gasteiger partial charge is 0.434 e. The first kappa shape index (κ1) is 18.6. The maximum absolute atomic E-state index is 12.4. The number of nitrogens with zero attached hydrogens (tertiary/aromatic N) is 2. The molecule has 2 rings (SSSR count). The van der Waals surface area contributed by atoms with Gasteiger partial charge in [-0.25, -0.2) is 0 Å². The van der Waals surface area contributed by atoms with Gasteiger partial charge in [-0.3, -0.25) is 9.98 Å². The van der Waals surface area contributed by atoms with Gasteiger partial charge in [-0.15, -0.1) is 0 Å². The second kappa shape index (κ2) is 9.56. The van der Waals surface area contributed by atoms with Crippen LogP contribution in [0, 0.1) is 6.92 Å². The molecule has 25 heavy (non-hydrogen) atoms. The van der Waals surface area contributed by atoms with Gasteiger partial charge in [-0.2, -0.15) is 8.78 Å². The molecule has 0 saturated carbocycles. The lowest BCUT2D eigenvalue weighted by molar-refractivity contribution is -0.0504. The third-order valence-electron chi connectivity index (χ3n) is 3.68. The van der Waals surface area contributed by atoms with Crippen molar-refractivity contribution >= 4 is 5.96 Å². The summed E-state index contributed by atoms with van der Waals surface area (Å²) in [5.41, 5.74) is 3.00. The van der Waals surface area contributed by atoms with Crippen LogP contribution in [-0.4, -0.2) is 31.1 Å². The number of nitrogens with one attached hydrogen (secondary N) is 2. The minimum atomic E-state index is -2.85. The van der Waals surface area contributed by atoms with Crippen LogP contribution in [0.15, 0.2) is 47.7 Å². The molecular formula is C18H22F2N4O. The average molecular weight is 348 g/mol. The van der Waals surface area contributed by atoms with Crippen molar-refractivity contribution < 1.29 is 13.5 Å². The van der Waals surface area contributed by atoms with Crippen LogP contribution in [0.25, 0.3) is 0 Å². The van der Waals surface area contributed by atoms with Gasteiger partial charge in [0, 0.05) is 38.1 Å². The van der Waals surface area contributed by atoms with Gasteiger partial charge in [0.05, 0.1) is 0 Å². The summed E-state index contributed by atoms with van der Waals surface area (Å²) in [5, 5.41) is 6.31. The molecule has 0 aliphatic rings. The van der Waals surface area contributed by atoms with E-state index in [0.29, 0.717) is 24.6 Å². The Kier molecular flexibility index (Phi) is 7.13. The van der Waals surface area contributed by atoms with Gasteiger partial charge in [-0.05, 0) is 36.6 Å². The SMILES string of the molecule is CN=C(NCCc1ccncc1C)NCc1ccccc1OC(F)F. The second-order valence-corrected chi connectivity index (χ2v) is 5.39. The summed E-state index contributed by atoms with van der Waals surface area (Å²) >= 11 is 0. The summed E-state index contributed by atoms with van der Waals surface area (Å²) in [6, 6.07) is 8.68. The Hall–Kier alpha value is -2.70. The zero-order valence-corrected chi connectivity index (χ0v) is 14.3. The molecule has 0 amide bonds. The van der Waals surface area contributed by atoms with E-state index in [4.69, 9.17) is 0 Å². The van der Waals surface area contributed by atoms with E-state index in [1.807, 2.05) is 19.2 Å². The molecule has 1 heterocycles. The van der Waals surface area contributed by atoms with Crippen LogP contribution in [0.2, 0.25) is 0 Å². The quantitative estimate of drug-likeness (QED) is 0.597. The molecule has 0 aliphatic carbocycles. The van der Waals surface area contributed by atoms with Crippen molar-refractivity contribution in [2.24, 2.45) is 4.99 Å². The van der Waals surface area contributed by atoms with Crippen LogP contribution >= 0.6 is 0 Å². The molecule has 134 valence electrons. The highest BCUT2D eigenvalue weighted by atomic mass is 19.3. The van der Waals surface area contributed by atoms with E-state index < -0.39 is 6.61 Å². The van der Waals surface area contributed by atoms with Gasteiger partial charge in [-0.1, -0.05) is 18.2 Å². The van der Waals surface area contributed by atoms with Crippen molar-refractivity contribution in [1.82, 2.24) is 15.6 Å². The molecule has 0 fully saturated rings. The summed E-state index contributed by atoms with van der Waals surface area (Å²) in [5.74, 6) is 0.756.